The van der Waals surface area contributed by atoms with Crippen molar-refractivity contribution >= 4 is 0 Å². The Morgan fingerprint density at radius 3 is 3.06 bits per heavy atom. The van der Waals surface area contributed by atoms with Crippen molar-refractivity contribution < 1.29 is 9.50 Å². The normalized spacial score (nSPS) is 22.2. The zero-order valence-electron chi connectivity index (χ0n) is 9.32. The quantitative estimate of drug-likeness (QED) is 0.816. The third-order valence-corrected chi connectivity index (χ3v) is 3.18. The Labute approximate surface area is 95.5 Å². The van der Waals surface area contributed by atoms with E-state index in [1.807, 2.05) is 6.07 Å². The first-order chi connectivity index (χ1) is 7.75. The largest absolute Gasteiger partial charge is 0.391 e. The Morgan fingerprint density at radius 2 is 2.38 bits per heavy atom. The van der Waals surface area contributed by atoms with Crippen molar-refractivity contribution in [2.45, 2.75) is 37.8 Å². The molecule has 0 bridgehead atoms. The van der Waals surface area contributed by atoms with Crippen molar-refractivity contribution in [3.8, 4) is 0 Å². The van der Waals surface area contributed by atoms with Crippen molar-refractivity contribution in [1.29, 1.82) is 0 Å². The van der Waals surface area contributed by atoms with Crippen LogP contribution in [0.25, 0.3) is 0 Å². The molecule has 2 unspecified atom stereocenters. The molecule has 3 heteroatoms. The zero-order valence-corrected chi connectivity index (χ0v) is 9.32. The standard InChI is InChI=1S/C13H18FNO/c14-11-4-1-3-10(9-11)6-7-13(16)12-5-2-8-15-12/h1,3-4,9,12-13,15-16H,2,5-8H2. The molecule has 16 heavy (non-hydrogen) atoms. The van der Waals surface area contributed by atoms with E-state index in [1.165, 1.54) is 12.1 Å². The second-order valence-corrected chi connectivity index (χ2v) is 4.44. The van der Waals surface area contributed by atoms with Crippen LogP contribution < -0.4 is 5.32 Å². The number of nitrogens with one attached hydrogen (secondary N) is 1. The molecule has 0 aromatic heterocycles. The number of halogens is 1. The van der Waals surface area contributed by atoms with Gasteiger partial charge in [0.25, 0.3) is 0 Å². The van der Waals surface area contributed by atoms with E-state index in [9.17, 15) is 9.50 Å². The second-order valence-electron chi connectivity index (χ2n) is 4.44. The number of hydrogen-bond acceptors (Lipinski definition) is 2. The summed E-state index contributed by atoms with van der Waals surface area (Å²) in [5, 5.41) is 13.2. The highest BCUT2D eigenvalue weighted by Gasteiger charge is 2.21. The summed E-state index contributed by atoms with van der Waals surface area (Å²) < 4.78 is 12.9. The number of aryl methyl sites for hydroxylation is 1. The maximum atomic E-state index is 12.9. The molecule has 1 aliphatic heterocycles. The van der Waals surface area contributed by atoms with Crippen molar-refractivity contribution in [3.63, 3.8) is 0 Å². The summed E-state index contributed by atoms with van der Waals surface area (Å²) >= 11 is 0. The van der Waals surface area contributed by atoms with E-state index in [0.717, 1.165) is 31.4 Å². The van der Waals surface area contributed by atoms with Gasteiger partial charge in [-0.1, -0.05) is 12.1 Å². The molecular formula is C13H18FNO. The molecule has 0 spiro atoms. The van der Waals surface area contributed by atoms with E-state index in [2.05, 4.69) is 5.32 Å². The molecule has 2 nitrogen and oxygen atoms in total. The van der Waals surface area contributed by atoms with Gasteiger partial charge in [-0.3, -0.25) is 0 Å². The third kappa shape index (κ3) is 3.03. The summed E-state index contributed by atoms with van der Waals surface area (Å²) in [6.45, 7) is 1.00. The summed E-state index contributed by atoms with van der Waals surface area (Å²) in [5.41, 5.74) is 0.956. The Hall–Kier alpha value is -0.930. The minimum atomic E-state index is -0.314. The molecule has 2 rings (SSSR count). The molecule has 88 valence electrons. The number of aliphatic hydroxyl groups excluding tert-OH is 1. The summed E-state index contributed by atoms with van der Waals surface area (Å²) in [7, 11) is 0. The molecule has 1 saturated heterocycles. The average molecular weight is 223 g/mol. The van der Waals surface area contributed by atoms with Crippen LogP contribution in [0.1, 0.15) is 24.8 Å². The minimum Gasteiger partial charge on any atom is -0.391 e. The fourth-order valence-electron chi connectivity index (χ4n) is 2.25. The van der Waals surface area contributed by atoms with Gasteiger partial charge >= 0.3 is 0 Å². The summed E-state index contributed by atoms with van der Waals surface area (Å²) in [6.07, 6.45) is 3.30. The Balaban J connectivity index is 1.82. The van der Waals surface area contributed by atoms with Gasteiger partial charge in [0.1, 0.15) is 5.82 Å². The lowest BCUT2D eigenvalue weighted by molar-refractivity contribution is 0.127. The maximum Gasteiger partial charge on any atom is 0.123 e. The van der Waals surface area contributed by atoms with Crippen LogP contribution in [0, 0.1) is 5.82 Å². The highest BCUT2D eigenvalue weighted by molar-refractivity contribution is 5.16. The van der Waals surface area contributed by atoms with Crippen molar-refractivity contribution in [2.24, 2.45) is 0 Å². The van der Waals surface area contributed by atoms with E-state index in [4.69, 9.17) is 0 Å². The van der Waals surface area contributed by atoms with Crippen LogP contribution in [-0.4, -0.2) is 23.8 Å². The SMILES string of the molecule is OC(CCc1cccc(F)c1)C1CCCN1. The van der Waals surface area contributed by atoms with Gasteiger partial charge in [0.15, 0.2) is 0 Å². The van der Waals surface area contributed by atoms with E-state index >= 15 is 0 Å². The predicted molar refractivity (Wildman–Crippen MR) is 61.8 cm³/mol. The lowest BCUT2D eigenvalue weighted by Gasteiger charge is -2.17. The van der Waals surface area contributed by atoms with Crippen LogP contribution in [-0.2, 0) is 6.42 Å². The molecule has 0 saturated carbocycles. The lowest BCUT2D eigenvalue weighted by Crippen LogP contribution is -2.34. The van der Waals surface area contributed by atoms with Gasteiger partial charge in [-0.05, 0) is 49.9 Å². The molecule has 0 amide bonds. The molecular weight excluding hydrogens is 205 g/mol. The summed E-state index contributed by atoms with van der Waals surface area (Å²) in [4.78, 5) is 0. The first-order valence-corrected chi connectivity index (χ1v) is 5.91. The number of benzene rings is 1. The van der Waals surface area contributed by atoms with Crippen LogP contribution in [0.4, 0.5) is 4.39 Å². The molecule has 1 fully saturated rings. The zero-order chi connectivity index (χ0) is 11.4. The molecule has 1 aromatic rings. The van der Waals surface area contributed by atoms with Crippen molar-refractivity contribution in [1.82, 2.24) is 5.32 Å². The van der Waals surface area contributed by atoms with Crippen molar-refractivity contribution in [3.05, 3.63) is 35.6 Å². The monoisotopic (exact) mass is 223 g/mol. The second kappa shape index (κ2) is 5.41. The fraction of sp³-hybridized carbons (Fsp3) is 0.538. The predicted octanol–water partition coefficient (Wildman–Crippen LogP) is 1.87. The minimum absolute atomic E-state index is 0.203. The number of rotatable bonds is 4. The molecule has 2 atom stereocenters. The first-order valence-electron chi connectivity index (χ1n) is 5.91. The topological polar surface area (TPSA) is 32.3 Å². The fourth-order valence-corrected chi connectivity index (χ4v) is 2.25. The van der Waals surface area contributed by atoms with E-state index < -0.39 is 0 Å². The van der Waals surface area contributed by atoms with Gasteiger partial charge in [0, 0.05) is 6.04 Å². The highest BCUT2D eigenvalue weighted by Crippen LogP contribution is 2.14. The van der Waals surface area contributed by atoms with Crippen molar-refractivity contribution in [2.75, 3.05) is 6.54 Å². The Kier molecular flexibility index (Phi) is 3.91. The van der Waals surface area contributed by atoms with E-state index in [-0.39, 0.29) is 18.0 Å². The smallest absolute Gasteiger partial charge is 0.123 e. The summed E-state index contributed by atoms with van der Waals surface area (Å²) in [5.74, 6) is -0.203. The third-order valence-electron chi connectivity index (χ3n) is 3.18. The molecule has 1 aromatic carbocycles. The summed E-state index contributed by atoms with van der Waals surface area (Å²) in [6, 6.07) is 6.82. The maximum absolute atomic E-state index is 12.9. The van der Waals surface area contributed by atoms with Crippen LogP contribution >= 0.6 is 0 Å². The molecule has 2 N–H and O–H groups in total. The highest BCUT2D eigenvalue weighted by atomic mass is 19.1. The van der Waals surface area contributed by atoms with Crippen LogP contribution in [0.15, 0.2) is 24.3 Å². The Morgan fingerprint density at radius 1 is 1.50 bits per heavy atom. The van der Waals surface area contributed by atoms with Crippen LogP contribution in [0.2, 0.25) is 0 Å². The molecule has 0 radical (unpaired) electrons. The van der Waals surface area contributed by atoms with Crippen LogP contribution in [0.3, 0.4) is 0 Å². The van der Waals surface area contributed by atoms with Gasteiger partial charge in [-0.25, -0.2) is 4.39 Å². The van der Waals surface area contributed by atoms with Gasteiger partial charge in [0.05, 0.1) is 6.10 Å². The van der Waals surface area contributed by atoms with Crippen LogP contribution in [0.5, 0.6) is 0 Å². The molecule has 1 aliphatic rings. The average Bonchev–Trinajstić information content (AvgIpc) is 2.79. The Bertz CT molecular complexity index is 336. The van der Waals surface area contributed by atoms with Gasteiger partial charge < -0.3 is 10.4 Å². The van der Waals surface area contributed by atoms with Gasteiger partial charge in [-0.2, -0.15) is 0 Å². The molecule has 1 heterocycles. The van der Waals surface area contributed by atoms with Gasteiger partial charge in [0.2, 0.25) is 0 Å². The lowest BCUT2D eigenvalue weighted by atomic mass is 10.0. The van der Waals surface area contributed by atoms with E-state index in [1.54, 1.807) is 6.07 Å². The van der Waals surface area contributed by atoms with Gasteiger partial charge in [-0.15, -0.1) is 0 Å². The number of hydrogen-bond donors (Lipinski definition) is 2. The first kappa shape index (κ1) is 11.6. The van der Waals surface area contributed by atoms with E-state index in [0.29, 0.717) is 6.42 Å². The number of aliphatic hydroxyl groups is 1. The molecule has 0 aliphatic carbocycles.